The van der Waals surface area contributed by atoms with Gasteiger partial charge in [0, 0.05) is 0 Å². The molecule has 0 atom stereocenters. The maximum Gasteiger partial charge on any atom is 1.00 e. The van der Waals surface area contributed by atoms with Crippen molar-refractivity contribution in [1.29, 1.82) is 0 Å². The third-order valence-corrected chi connectivity index (χ3v) is 8.99. The SMILES string of the molecule is [10B-][10BH][10B]([10BH2])S(=[10B][10B]([10BH2])[10BH2])(=[10B][10B]([10BH2])[10BH2])CCCCCCCCN=[N+]=[N-].[Na+].[Na+]. The summed E-state index contributed by atoms with van der Waals surface area (Å²) >= 11 is 0. The molecule has 0 aromatic heterocycles. The van der Waals surface area contributed by atoms with Gasteiger partial charge in [-0.25, -0.2) is 0 Å². The van der Waals surface area contributed by atoms with Crippen LogP contribution < -0.4 is 59.1 Å². The molecule has 0 amide bonds. The maximum absolute atomic E-state index is 8.25. The van der Waals surface area contributed by atoms with E-state index >= 15 is 0 Å². The zero-order valence-electron chi connectivity index (χ0n) is 18.6. The van der Waals surface area contributed by atoms with Crippen LogP contribution in [0.15, 0.2) is 5.11 Å². The molecule has 26 heavy (non-hydrogen) atoms. The van der Waals surface area contributed by atoms with Gasteiger partial charge in [-0.1, -0.05) is 0 Å². The first-order chi connectivity index (χ1) is 11.4. The average Bonchev–Trinajstić information content (AvgIpc) is 2.51. The summed E-state index contributed by atoms with van der Waals surface area (Å²) in [5.74, 6) is 1.87. The van der Waals surface area contributed by atoms with E-state index in [4.69, 9.17) is 13.3 Å². The van der Waals surface area contributed by atoms with Crippen LogP contribution in [0.3, 0.4) is 0 Å². The monoisotopic (exact) mass is 363 g/mol. The van der Waals surface area contributed by atoms with E-state index in [9.17, 15) is 0 Å². The van der Waals surface area contributed by atoms with Crippen LogP contribution in [0.1, 0.15) is 38.5 Å². The number of nitrogens with zero attached hydrogens (tertiary/aromatic N) is 3. The molecule has 0 aromatic carbocycles. The molecule has 0 aromatic rings. The Bertz CT molecular complexity index is 489. The predicted molar refractivity (Wildman–Crippen MR) is 139 cm³/mol. The van der Waals surface area contributed by atoms with Gasteiger partial charge in [-0.3, -0.25) is 0 Å². The van der Waals surface area contributed by atoms with Crippen LogP contribution in [0.2, 0.25) is 0 Å². The Hall–Kier alpha value is 2.44. The molecule has 0 unspecified atom stereocenters. The van der Waals surface area contributed by atoms with Crippen LogP contribution in [0.25, 0.3) is 10.4 Å². The van der Waals surface area contributed by atoms with Gasteiger partial charge in [0.25, 0.3) is 0 Å². The van der Waals surface area contributed by atoms with E-state index in [-0.39, 0.29) is 59.1 Å². The molecule has 3 nitrogen and oxygen atoms in total. The zero-order chi connectivity index (χ0) is 18.4. The number of hydrogen-bond acceptors (Lipinski definition) is 1. The van der Waals surface area contributed by atoms with Crippen LogP contribution in [0, 0.1) is 0 Å². The number of hydrogen-bond donors (Lipinski definition) is 0. The minimum absolute atomic E-state index is 0. The van der Waals surface area contributed by atoms with Gasteiger partial charge in [0.05, 0.1) is 0 Å². The van der Waals surface area contributed by atoms with Crippen molar-refractivity contribution < 1.29 is 59.1 Å². The minimum atomic E-state index is -0.859. The van der Waals surface area contributed by atoms with E-state index in [0.29, 0.717) is 25.1 Å². The summed E-state index contributed by atoms with van der Waals surface area (Å²) in [6.07, 6.45) is 8.55. The molecule has 0 N–H and O–H groups in total. The van der Waals surface area contributed by atoms with Crippen molar-refractivity contribution in [3.8, 4) is 0 Å². The molecule has 0 aliphatic carbocycles. The number of azide groups is 1. The second-order valence-electron chi connectivity index (χ2n) is 7.49. The van der Waals surface area contributed by atoms with Gasteiger partial charge in [-0.2, -0.15) is 0 Å². The third-order valence-electron chi connectivity index (χ3n) is 4.20. The van der Waals surface area contributed by atoms with E-state index in [1.54, 1.807) is 0 Å². The summed E-state index contributed by atoms with van der Waals surface area (Å²) in [6, 6.07) is 5.23. The standard InChI is InChI=1S/C8H27B12N3S.2Na/c9-15-20(14)24(16-18(10)11,17-19(12)13)8-6-4-2-1-3-5-7-22-23-21;;/h15H,1-8,10-14H2;;/q-1;2*+1/i9-1,10-1,11-1,12-1,13-1,14-1,15-1,16-1,17-1,18-1,19-1,20-1;;. The van der Waals surface area contributed by atoms with Gasteiger partial charge in [0.2, 0.25) is 0 Å². The van der Waals surface area contributed by atoms with Gasteiger partial charge in [0.1, 0.15) is 0 Å². The summed E-state index contributed by atoms with van der Waals surface area (Å²) in [4.78, 5) is 2.79. The Balaban J connectivity index is -0.00000264. The first-order valence-corrected chi connectivity index (χ1v) is 11.6. The Labute approximate surface area is 216 Å². The topological polar surface area (TPSA) is 48.8 Å². The van der Waals surface area contributed by atoms with E-state index in [0.717, 1.165) is 13.5 Å². The van der Waals surface area contributed by atoms with E-state index in [1.807, 2.05) is 0 Å². The van der Waals surface area contributed by atoms with Crippen molar-refractivity contribution in [2.75, 3.05) is 12.3 Å². The first-order valence-electron chi connectivity index (χ1n) is 9.58. The van der Waals surface area contributed by atoms with Gasteiger partial charge in [-0.15, -0.1) is 0 Å². The summed E-state index contributed by atoms with van der Waals surface area (Å²) < 4.78 is 0. The molecule has 0 aliphatic heterocycles. The molecule has 0 bridgehead atoms. The molecule has 18 heteroatoms. The van der Waals surface area contributed by atoms with Crippen molar-refractivity contribution in [2.24, 2.45) is 5.11 Å². The number of rotatable bonds is 13. The summed E-state index contributed by atoms with van der Waals surface area (Å²) in [6.45, 7) is 0.643. The summed E-state index contributed by atoms with van der Waals surface area (Å²) in [7, 11) is 17.5. The fraction of sp³-hybridized carbons (Fsp3) is 1.00. The van der Waals surface area contributed by atoms with Crippen LogP contribution in [0.5, 0.6) is 0 Å². The second-order valence-corrected chi connectivity index (χ2v) is 11.1. The normalized spacial score (nSPS) is 9.27. The molecule has 0 saturated carbocycles. The van der Waals surface area contributed by atoms with Gasteiger partial charge in [-0.05, 0) is 0 Å². The van der Waals surface area contributed by atoms with Crippen molar-refractivity contribution >= 4 is 92.9 Å². The van der Waals surface area contributed by atoms with Gasteiger partial charge < -0.3 is 5.53 Å². The zero-order valence-corrected chi connectivity index (χ0v) is 23.4. The smallest absolute Gasteiger partial charge is 1.00 e. The average molecular weight is 364 g/mol. The first kappa shape index (κ1) is 33.1. The Morgan fingerprint density at radius 1 is 0.923 bits per heavy atom. The molecule has 0 spiro atoms. The van der Waals surface area contributed by atoms with Crippen molar-refractivity contribution in [2.45, 2.75) is 38.5 Å². The molecular weight excluding hydrogens is 336 g/mol. The third kappa shape index (κ3) is 16.3. The number of unbranched alkanes of at least 4 members (excludes halogenated alkanes) is 5. The second kappa shape index (κ2) is 20.7. The Morgan fingerprint density at radius 2 is 1.38 bits per heavy atom. The van der Waals surface area contributed by atoms with Crippen LogP contribution in [-0.2, 0) is 0 Å². The molecular formula is C8H27B12N3Na2S+. The molecule has 0 fully saturated rings. The Kier molecular flexibility index (Phi) is 26.3. The molecule has 0 rings (SSSR count). The van der Waals surface area contributed by atoms with E-state index < -0.39 is 8.73 Å². The molecule has 117 valence electrons. The van der Waals surface area contributed by atoms with Crippen molar-refractivity contribution in [1.82, 2.24) is 0 Å². The molecule has 0 aliphatic rings. The predicted octanol–water partition coefficient (Wildman–Crippen LogP) is -9.67. The summed E-state index contributed by atoms with van der Waals surface area (Å²) in [5, 5.41) is 3.59. The van der Waals surface area contributed by atoms with E-state index in [1.165, 1.54) is 37.9 Å². The fourth-order valence-corrected chi connectivity index (χ4v) is 7.52. The van der Waals surface area contributed by atoms with Crippen LogP contribution in [0.4, 0.5) is 0 Å². The quantitative estimate of drug-likeness (QED) is 0.103. The van der Waals surface area contributed by atoms with Crippen LogP contribution >= 0.6 is 8.73 Å². The van der Waals surface area contributed by atoms with Crippen molar-refractivity contribution in [3.63, 3.8) is 0 Å². The maximum atomic E-state index is 8.25. The van der Waals surface area contributed by atoms with Gasteiger partial charge in [0.15, 0.2) is 0 Å². The molecule has 3 radical (unpaired) electrons. The molecule has 0 heterocycles. The fourth-order valence-electron chi connectivity index (χ4n) is 3.13. The summed E-state index contributed by atoms with van der Waals surface area (Å²) in [5.41, 5.74) is 8.25. The Morgan fingerprint density at radius 3 is 1.81 bits per heavy atom. The van der Waals surface area contributed by atoms with Gasteiger partial charge >= 0.3 is 213 Å². The van der Waals surface area contributed by atoms with Crippen molar-refractivity contribution in [3.05, 3.63) is 10.4 Å². The molecule has 0 saturated heterocycles. The van der Waals surface area contributed by atoms with Crippen LogP contribution in [-0.4, -0.2) is 96.4 Å². The van der Waals surface area contributed by atoms with E-state index in [2.05, 4.69) is 60.8 Å².